The van der Waals surface area contributed by atoms with Crippen LogP contribution in [0.2, 0.25) is 5.02 Å². The van der Waals surface area contributed by atoms with E-state index in [2.05, 4.69) is 9.88 Å². The normalized spacial score (nSPS) is 13.9. The summed E-state index contributed by atoms with van der Waals surface area (Å²) in [4.78, 5) is 24.0. The van der Waals surface area contributed by atoms with Crippen LogP contribution < -0.4 is 4.74 Å². The third-order valence-corrected chi connectivity index (χ3v) is 7.09. The summed E-state index contributed by atoms with van der Waals surface area (Å²) >= 11 is 8.12. The van der Waals surface area contributed by atoms with Crippen LogP contribution in [0.25, 0.3) is 22.8 Å². The minimum Gasteiger partial charge on any atom is -0.495 e. The second kappa shape index (κ2) is 11.7. The van der Waals surface area contributed by atoms with Gasteiger partial charge in [0.2, 0.25) is 5.91 Å². The smallest absolute Gasteiger partial charge is 0.223 e. The van der Waals surface area contributed by atoms with Gasteiger partial charge in [-0.25, -0.2) is 9.67 Å². The van der Waals surface area contributed by atoms with E-state index < -0.39 is 0 Å². The lowest BCUT2D eigenvalue weighted by Gasteiger charge is -2.29. The van der Waals surface area contributed by atoms with E-state index in [4.69, 9.17) is 26.4 Å². The Morgan fingerprint density at radius 2 is 1.97 bits per heavy atom. The molecule has 1 aliphatic rings. The van der Waals surface area contributed by atoms with Crippen molar-refractivity contribution in [2.45, 2.75) is 44.7 Å². The van der Waals surface area contributed by atoms with E-state index in [1.165, 1.54) is 12.8 Å². The number of carbonyl (C=O) groups is 1. The predicted octanol–water partition coefficient (Wildman–Crippen LogP) is 5.19. The molecule has 34 heavy (non-hydrogen) atoms. The maximum absolute atomic E-state index is 13.0. The third-order valence-electron chi connectivity index (χ3n) is 6.18. The summed E-state index contributed by atoms with van der Waals surface area (Å²) in [6.07, 6.45) is 10.6. The quantitative estimate of drug-likeness (QED) is 0.382. The van der Waals surface area contributed by atoms with Crippen molar-refractivity contribution in [2.75, 3.05) is 25.7 Å². The summed E-state index contributed by atoms with van der Waals surface area (Å²) in [7, 11) is 1.59. The molecule has 0 atom stereocenters. The van der Waals surface area contributed by atoms with Gasteiger partial charge in [-0.05, 0) is 49.4 Å². The van der Waals surface area contributed by atoms with Crippen LogP contribution in [0.4, 0.5) is 0 Å². The first kappa shape index (κ1) is 24.5. The van der Waals surface area contributed by atoms with Gasteiger partial charge in [-0.2, -0.15) is 16.9 Å². The van der Waals surface area contributed by atoms with Crippen LogP contribution in [0.15, 0.2) is 42.7 Å². The number of carbonyl (C=O) groups excluding carboxylic acids is 1. The topological polar surface area (TPSA) is 73.1 Å². The van der Waals surface area contributed by atoms with Crippen LogP contribution in [0.5, 0.6) is 5.75 Å². The summed E-state index contributed by atoms with van der Waals surface area (Å²) < 4.78 is 7.19. The molecule has 2 heterocycles. The number of aromatic nitrogens is 4. The maximum Gasteiger partial charge on any atom is 0.223 e. The van der Waals surface area contributed by atoms with Gasteiger partial charge >= 0.3 is 0 Å². The zero-order valence-corrected chi connectivity index (χ0v) is 21.2. The molecule has 0 saturated heterocycles. The van der Waals surface area contributed by atoms with Gasteiger partial charge < -0.3 is 9.64 Å². The molecule has 3 aromatic rings. The fraction of sp³-hybridized carbons (Fsp3) is 0.440. The molecule has 0 N–H and O–H groups in total. The molecule has 0 spiro atoms. The molecular weight excluding hydrogens is 470 g/mol. The third kappa shape index (κ3) is 5.73. The number of pyridine rings is 1. The average molecular weight is 500 g/mol. The van der Waals surface area contributed by atoms with Crippen molar-refractivity contribution in [3.63, 3.8) is 0 Å². The SMILES string of the molecule is COc1ccc(-c2nc(-c3ccncc3)nn2CCN(C(=O)CCSC)C2CCCC2)cc1Cl. The summed E-state index contributed by atoms with van der Waals surface area (Å²) in [5.41, 5.74) is 1.73. The predicted molar refractivity (Wildman–Crippen MR) is 137 cm³/mol. The molecule has 9 heteroatoms. The molecule has 1 saturated carbocycles. The van der Waals surface area contributed by atoms with Crippen molar-refractivity contribution in [1.82, 2.24) is 24.6 Å². The zero-order chi connectivity index (χ0) is 23.9. The lowest BCUT2D eigenvalue weighted by atomic mass is 10.2. The highest BCUT2D eigenvalue weighted by molar-refractivity contribution is 7.98. The van der Waals surface area contributed by atoms with E-state index in [-0.39, 0.29) is 5.91 Å². The molecular formula is C25H30ClN5O2S. The Kier molecular flexibility index (Phi) is 8.45. The van der Waals surface area contributed by atoms with E-state index in [1.807, 2.05) is 41.3 Å². The molecule has 1 fully saturated rings. The molecule has 1 amide bonds. The largest absolute Gasteiger partial charge is 0.495 e. The number of ether oxygens (including phenoxy) is 1. The summed E-state index contributed by atoms with van der Waals surface area (Å²) in [5, 5.41) is 5.32. The number of halogens is 1. The molecule has 0 aliphatic heterocycles. The number of hydrogen-bond acceptors (Lipinski definition) is 6. The second-order valence-corrected chi connectivity index (χ2v) is 9.73. The highest BCUT2D eigenvalue weighted by Gasteiger charge is 2.27. The van der Waals surface area contributed by atoms with Crippen LogP contribution in [0, 0.1) is 0 Å². The van der Waals surface area contributed by atoms with Crippen LogP contribution in [-0.4, -0.2) is 62.3 Å². The van der Waals surface area contributed by atoms with E-state index in [0.717, 1.165) is 29.7 Å². The van der Waals surface area contributed by atoms with E-state index >= 15 is 0 Å². The summed E-state index contributed by atoms with van der Waals surface area (Å²) in [6, 6.07) is 9.70. The number of rotatable bonds is 10. The number of hydrogen-bond donors (Lipinski definition) is 0. The summed E-state index contributed by atoms with van der Waals surface area (Å²) in [5.74, 6) is 3.00. The minimum atomic E-state index is 0.227. The number of amides is 1. The van der Waals surface area contributed by atoms with Gasteiger partial charge in [-0.1, -0.05) is 24.4 Å². The second-order valence-electron chi connectivity index (χ2n) is 8.34. The van der Waals surface area contributed by atoms with Crippen LogP contribution in [0.3, 0.4) is 0 Å². The Morgan fingerprint density at radius 1 is 1.21 bits per heavy atom. The molecule has 1 aromatic carbocycles. The number of nitrogens with zero attached hydrogens (tertiary/aromatic N) is 5. The standard InChI is InChI=1S/C25H30ClN5O2S/c1-33-22-8-7-19(17-21(22)26)25-28-24(18-9-12-27-13-10-18)29-31(25)15-14-30(20-5-3-4-6-20)23(32)11-16-34-2/h7-10,12-13,17,20H,3-6,11,14-16H2,1-2H3. The first-order valence-corrected chi connectivity index (χ1v) is 13.4. The molecule has 4 rings (SSSR count). The van der Waals surface area contributed by atoms with Crippen molar-refractivity contribution >= 4 is 29.3 Å². The van der Waals surface area contributed by atoms with Crippen molar-refractivity contribution in [1.29, 1.82) is 0 Å². The van der Waals surface area contributed by atoms with Gasteiger partial charge in [-0.15, -0.1) is 0 Å². The van der Waals surface area contributed by atoms with E-state index in [0.29, 0.717) is 48.0 Å². The first-order valence-electron chi connectivity index (χ1n) is 11.6. The molecule has 2 aromatic heterocycles. The fourth-order valence-corrected chi connectivity index (χ4v) is 5.04. The van der Waals surface area contributed by atoms with Gasteiger partial charge in [-0.3, -0.25) is 9.78 Å². The van der Waals surface area contributed by atoms with E-state index in [9.17, 15) is 4.79 Å². The lowest BCUT2D eigenvalue weighted by molar-refractivity contribution is -0.133. The van der Waals surface area contributed by atoms with Gasteiger partial charge in [0.1, 0.15) is 5.75 Å². The maximum atomic E-state index is 13.0. The summed E-state index contributed by atoms with van der Waals surface area (Å²) in [6.45, 7) is 1.16. The molecule has 180 valence electrons. The van der Waals surface area contributed by atoms with Gasteiger partial charge in [0.25, 0.3) is 0 Å². The number of thioether (sulfide) groups is 1. The zero-order valence-electron chi connectivity index (χ0n) is 19.6. The minimum absolute atomic E-state index is 0.227. The van der Waals surface area contributed by atoms with Crippen LogP contribution in [-0.2, 0) is 11.3 Å². The molecule has 7 nitrogen and oxygen atoms in total. The first-order chi connectivity index (χ1) is 16.6. The molecule has 0 unspecified atom stereocenters. The number of methoxy groups -OCH3 is 1. The van der Waals surface area contributed by atoms with Crippen molar-refractivity contribution < 1.29 is 9.53 Å². The van der Waals surface area contributed by atoms with Crippen molar-refractivity contribution in [3.05, 3.63) is 47.7 Å². The highest BCUT2D eigenvalue weighted by atomic mass is 35.5. The van der Waals surface area contributed by atoms with Crippen molar-refractivity contribution in [3.8, 4) is 28.5 Å². The Morgan fingerprint density at radius 3 is 2.65 bits per heavy atom. The highest BCUT2D eigenvalue weighted by Crippen LogP contribution is 2.31. The number of benzene rings is 1. The van der Waals surface area contributed by atoms with Crippen LogP contribution in [0.1, 0.15) is 32.1 Å². The van der Waals surface area contributed by atoms with Crippen molar-refractivity contribution in [2.24, 2.45) is 0 Å². The molecule has 0 bridgehead atoms. The Hall–Kier alpha value is -2.58. The van der Waals surface area contributed by atoms with E-state index in [1.54, 1.807) is 31.3 Å². The Bertz CT molecular complexity index is 1100. The van der Waals surface area contributed by atoms with Gasteiger partial charge in [0, 0.05) is 48.3 Å². The van der Waals surface area contributed by atoms with Crippen LogP contribution >= 0.6 is 23.4 Å². The molecule has 0 radical (unpaired) electrons. The Labute approximate surface area is 209 Å². The fourth-order valence-electron chi connectivity index (χ4n) is 4.40. The average Bonchev–Trinajstić information content (AvgIpc) is 3.54. The monoisotopic (exact) mass is 499 g/mol. The van der Waals surface area contributed by atoms with Gasteiger partial charge in [0.15, 0.2) is 11.6 Å². The Balaban J connectivity index is 1.64. The molecule has 1 aliphatic carbocycles. The van der Waals surface area contributed by atoms with Gasteiger partial charge in [0.05, 0.1) is 18.7 Å². The lowest BCUT2D eigenvalue weighted by Crippen LogP contribution is -2.41.